The van der Waals surface area contributed by atoms with Crippen molar-refractivity contribution in [1.29, 1.82) is 0 Å². The number of halogens is 2. The number of methoxy groups -OCH3 is 2. The van der Waals surface area contributed by atoms with Crippen molar-refractivity contribution < 1.29 is 23.9 Å². The number of ether oxygens (including phenoxy) is 2. The Morgan fingerprint density at radius 3 is 1.44 bits per heavy atom. The van der Waals surface area contributed by atoms with Crippen molar-refractivity contribution in [3.8, 4) is 0 Å². The third-order valence-corrected chi connectivity index (χ3v) is 8.33. The average molecular weight is 503 g/mol. The molecule has 0 aromatic heterocycles. The van der Waals surface area contributed by atoms with E-state index in [1.165, 1.54) is 14.2 Å². The van der Waals surface area contributed by atoms with Crippen molar-refractivity contribution in [3.05, 3.63) is 69.7 Å². The average Bonchev–Trinajstić information content (AvgIpc) is 2.82. The smallest absolute Gasteiger partial charge is 0.320 e. The van der Waals surface area contributed by atoms with Gasteiger partial charge >= 0.3 is 11.9 Å². The first-order chi connectivity index (χ1) is 16.1. The first-order valence-corrected chi connectivity index (χ1v) is 12.1. The molecule has 0 N–H and O–H groups in total. The van der Waals surface area contributed by atoms with Gasteiger partial charge in [0.25, 0.3) is 0 Å². The van der Waals surface area contributed by atoms with Crippen LogP contribution in [0.1, 0.15) is 49.7 Å². The number of benzene rings is 2. The molecule has 180 valence electrons. The van der Waals surface area contributed by atoms with Crippen LogP contribution in [0.15, 0.2) is 48.5 Å². The Balaban J connectivity index is 2.06. The molecule has 0 radical (unpaired) electrons. The van der Waals surface area contributed by atoms with Gasteiger partial charge in [0.05, 0.1) is 14.2 Å². The van der Waals surface area contributed by atoms with E-state index in [9.17, 15) is 14.4 Å². The Hall–Kier alpha value is -2.37. The normalized spacial score (nSPS) is 32.7. The summed E-state index contributed by atoms with van der Waals surface area (Å²) in [6.07, 6.45) is 0.588. The fourth-order valence-electron chi connectivity index (χ4n) is 6.87. The van der Waals surface area contributed by atoms with Crippen molar-refractivity contribution >= 4 is 40.9 Å². The maximum absolute atomic E-state index is 14.6. The summed E-state index contributed by atoms with van der Waals surface area (Å²) in [5, 5.41) is 1.11. The van der Waals surface area contributed by atoms with E-state index in [-0.39, 0.29) is 11.8 Å². The summed E-state index contributed by atoms with van der Waals surface area (Å²) in [7, 11) is 2.58. The van der Waals surface area contributed by atoms with Crippen molar-refractivity contribution in [2.24, 2.45) is 22.7 Å². The first-order valence-electron chi connectivity index (χ1n) is 11.4. The van der Waals surface area contributed by atoms with E-state index in [0.29, 0.717) is 22.9 Å². The van der Waals surface area contributed by atoms with Crippen molar-refractivity contribution in [2.75, 3.05) is 14.2 Å². The van der Waals surface area contributed by atoms with E-state index >= 15 is 0 Å². The lowest BCUT2D eigenvalue weighted by Gasteiger charge is -2.59. The van der Waals surface area contributed by atoms with Gasteiger partial charge in [-0.2, -0.15) is 0 Å². The number of carbonyl (C=O) groups is 3. The number of fused-ring (bicyclic) bond motifs is 2. The van der Waals surface area contributed by atoms with Crippen LogP contribution in [0.5, 0.6) is 0 Å². The standard InChI is InChI=1S/C27H28Cl2O5/c1-15-13-26(24(31)33-3)21(17-5-9-19(28)10-6-17)16(2)22(18-7-11-20(29)12-8-18)27(14-15,23(26)30)25(32)34-4/h5-12,15-16,21-22H,13-14H2,1-4H3. The summed E-state index contributed by atoms with van der Waals surface area (Å²) in [4.78, 5) is 41.7. The van der Waals surface area contributed by atoms with Gasteiger partial charge in [0.15, 0.2) is 5.78 Å². The first kappa shape index (κ1) is 24.7. The van der Waals surface area contributed by atoms with Crippen LogP contribution in [0.3, 0.4) is 0 Å². The van der Waals surface area contributed by atoms with Crippen molar-refractivity contribution in [3.63, 3.8) is 0 Å². The Morgan fingerprint density at radius 2 is 1.12 bits per heavy atom. The van der Waals surface area contributed by atoms with Crippen LogP contribution in [0.2, 0.25) is 10.0 Å². The summed E-state index contributed by atoms with van der Waals surface area (Å²) in [5.41, 5.74) is -1.42. The lowest BCUT2D eigenvalue weighted by atomic mass is 9.40. The van der Waals surface area contributed by atoms with Gasteiger partial charge in [-0.15, -0.1) is 0 Å². The monoisotopic (exact) mass is 502 g/mol. The van der Waals surface area contributed by atoms with Crippen molar-refractivity contribution in [1.82, 2.24) is 0 Å². The number of hydrogen-bond acceptors (Lipinski definition) is 5. The molecule has 2 bridgehead atoms. The minimum absolute atomic E-state index is 0.104. The molecule has 0 saturated heterocycles. The quantitative estimate of drug-likeness (QED) is 0.388. The molecule has 0 spiro atoms. The maximum atomic E-state index is 14.6. The molecule has 2 aliphatic rings. The van der Waals surface area contributed by atoms with E-state index in [1.54, 1.807) is 24.3 Å². The van der Waals surface area contributed by atoms with Gasteiger partial charge in [-0.1, -0.05) is 61.3 Å². The van der Waals surface area contributed by atoms with E-state index in [1.807, 2.05) is 38.1 Å². The molecule has 4 unspecified atom stereocenters. The second-order valence-electron chi connectivity index (χ2n) is 9.69. The summed E-state index contributed by atoms with van der Waals surface area (Å²) in [6.45, 7) is 3.96. The zero-order chi connectivity index (χ0) is 24.8. The molecule has 2 aromatic carbocycles. The molecule has 0 aliphatic heterocycles. The number of esters is 2. The van der Waals surface area contributed by atoms with Crippen molar-refractivity contribution in [2.45, 2.75) is 38.5 Å². The van der Waals surface area contributed by atoms with E-state index in [0.717, 1.165) is 11.1 Å². The zero-order valence-electron chi connectivity index (χ0n) is 19.6. The molecule has 2 aromatic rings. The second-order valence-corrected chi connectivity index (χ2v) is 10.6. The molecular weight excluding hydrogens is 475 g/mol. The van der Waals surface area contributed by atoms with Gasteiger partial charge in [-0.25, -0.2) is 0 Å². The zero-order valence-corrected chi connectivity index (χ0v) is 21.2. The number of carbonyl (C=O) groups excluding carboxylic acids is 3. The number of ketones is 1. The molecule has 0 amide bonds. The van der Waals surface area contributed by atoms with Crippen LogP contribution in [-0.4, -0.2) is 31.9 Å². The molecule has 2 saturated carbocycles. The Kier molecular flexibility index (Phi) is 6.56. The molecule has 4 rings (SSSR count). The van der Waals surface area contributed by atoms with Gasteiger partial charge in [-0.3, -0.25) is 14.4 Å². The fraction of sp³-hybridized carbons (Fsp3) is 0.444. The molecule has 5 nitrogen and oxygen atoms in total. The predicted octanol–water partition coefficient (Wildman–Crippen LogP) is 5.83. The lowest BCUT2D eigenvalue weighted by Crippen LogP contribution is -2.67. The van der Waals surface area contributed by atoms with Crippen LogP contribution in [-0.2, 0) is 23.9 Å². The SMILES string of the molecule is COC(=O)C12CC(C)CC(C(=O)OC)(C1=O)C(c1ccc(Cl)cc1)C(C)C2c1ccc(Cl)cc1. The van der Waals surface area contributed by atoms with E-state index < -0.39 is 40.4 Å². The number of Topliss-reactive ketones (excluding diaryl/α,β-unsaturated/α-hetero) is 1. The highest BCUT2D eigenvalue weighted by atomic mass is 35.5. The maximum Gasteiger partial charge on any atom is 0.320 e. The van der Waals surface area contributed by atoms with Crippen LogP contribution in [0.4, 0.5) is 0 Å². The Morgan fingerprint density at radius 1 is 0.765 bits per heavy atom. The van der Waals surface area contributed by atoms with Gasteiger partial charge in [0, 0.05) is 21.9 Å². The van der Waals surface area contributed by atoms with Gasteiger partial charge < -0.3 is 9.47 Å². The van der Waals surface area contributed by atoms with Gasteiger partial charge in [0.1, 0.15) is 10.8 Å². The third kappa shape index (κ3) is 3.47. The van der Waals surface area contributed by atoms with Crippen LogP contribution < -0.4 is 0 Å². The summed E-state index contributed by atoms with van der Waals surface area (Å²) >= 11 is 12.3. The van der Waals surface area contributed by atoms with Crippen LogP contribution in [0, 0.1) is 22.7 Å². The minimum Gasteiger partial charge on any atom is -0.468 e. The predicted molar refractivity (Wildman–Crippen MR) is 130 cm³/mol. The molecule has 7 heteroatoms. The number of rotatable bonds is 4. The van der Waals surface area contributed by atoms with Gasteiger partial charge in [-0.05, 0) is 60.1 Å². The summed E-state index contributed by atoms with van der Waals surface area (Å²) in [6, 6.07) is 14.4. The minimum atomic E-state index is -1.52. The highest BCUT2D eigenvalue weighted by Gasteiger charge is 2.74. The van der Waals surface area contributed by atoms with E-state index in [2.05, 4.69) is 0 Å². The molecule has 2 aliphatic carbocycles. The number of hydrogen-bond donors (Lipinski definition) is 0. The Bertz CT molecular complexity index is 1030. The largest absolute Gasteiger partial charge is 0.468 e. The summed E-state index contributed by atoms with van der Waals surface area (Å²) < 4.78 is 10.5. The van der Waals surface area contributed by atoms with Gasteiger partial charge in [0.2, 0.25) is 0 Å². The third-order valence-electron chi connectivity index (χ3n) is 7.82. The highest BCUT2D eigenvalue weighted by Crippen LogP contribution is 2.67. The Labute approximate surface area is 209 Å². The summed E-state index contributed by atoms with van der Waals surface area (Å²) in [5.74, 6) is -3.08. The topological polar surface area (TPSA) is 69.7 Å². The van der Waals surface area contributed by atoms with E-state index in [4.69, 9.17) is 32.7 Å². The fourth-order valence-corrected chi connectivity index (χ4v) is 7.12. The molecule has 34 heavy (non-hydrogen) atoms. The van der Waals surface area contributed by atoms with Crippen LogP contribution in [0.25, 0.3) is 0 Å². The lowest BCUT2D eigenvalue weighted by molar-refractivity contribution is -0.189. The molecular formula is C27H28Cl2O5. The highest BCUT2D eigenvalue weighted by molar-refractivity contribution is 6.30. The molecule has 4 atom stereocenters. The second kappa shape index (κ2) is 9.01. The molecule has 2 fully saturated rings. The molecule has 0 heterocycles. The van der Waals surface area contributed by atoms with Crippen LogP contribution >= 0.6 is 23.2 Å².